The van der Waals surface area contributed by atoms with Gasteiger partial charge in [0.1, 0.15) is 11.5 Å². The van der Waals surface area contributed by atoms with Crippen LogP contribution in [0.5, 0.6) is 0 Å². The first-order chi connectivity index (χ1) is 11.2. The zero-order chi connectivity index (χ0) is 16.9. The number of hydrogen-bond donors (Lipinski definition) is 1. The quantitative estimate of drug-likeness (QED) is 0.566. The molecule has 0 aliphatic carbocycles. The van der Waals surface area contributed by atoms with Gasteiger partial charge in [0.05, 0.1) is 26.0 Å². The first-order valence-corrected chi connectivity index (χ1v) is 8.62. The molecule has 1 amide bonds. The average Bonchev–Trinajstić information content (AvgIpc) is 3.03. The van der Waals surface area contributed by atoms with E-state index in [1.54, 1.807) is 13.3 Å². The Morgan fingerprint density at radius 2 is 1.87 bits per heavy atom. The molecular weight excluding hydrogens is 294 g/mol. The molecule has 6 heteroatoms. The van der Waals surface area contributed by atoms with E-state index in [9.17, 15) is 4.79 Å². The van der Waals surface area contributed by atoms with Crippen molar-refractivity contribution in [2.24, 2.45) is 0 Å². The molecular formula is C17H31N3O3. The monoisotopic (exact) mass is 325 g/mol. The third-order valence-corrected chi connectivity index (χ3v) is 3.62. The highest BCUT2D eigenvalue weighted by atomic mass is 16.5. The number of nitrogens with zero attached hydrogens (tertiary/aromatic N) is 2. The van der Waals surface area contributed by atoms with E-state index in [1.165, 1.54) is 0 Å². The molecule has 6 nitrogen and oxygen atoms in total. The number of carbonyl (C=O) groups is 1. The predicted molar refractivity (Wildman–Crippen MR) is 90.7 cm³/mol. The number of amides is 1. The van der Waals surface area contributed by atoms with E-state index in [1.807, 2.05) is 4.90 Å². The highest BCUT2D eigenvalue weighted by Gasteiger charge is 2.17. The molecule has 0 atom stereocenters. The van der Waals surface area contributed by atoms with Crippen LogP contribution in [0.15, 0.2) is 6.20 Å². The summed E-state index contributed by atoms with van der Waals surface area (Å²) in [5, 5.41) is 0. The van der Waals surface area contributed by atoms with E-state index in [0.29, 0.717) is 31.9 Å². The molecule has 0 saturated heterocycles. The molecule has 0 aromatic carbocycles. The number of unbranched alkanes of at least 4 members (excludes halogenated alkanes) is 2. The van der Waals surface area contributed by atoms with Crippen molar-refractivity contribution in [2.45, 2.75) is 46.0 Å². The summed E-state index contributed by atoms with van der Waals surface area (Å²) in [4.78, 5) is 21.9. The van der Waals surface area contributed by atoms with Crippen molar-refractivity contribution in [1.82, 2.24) is 14.9 Å². The number of aromatic amines is 1. The fraction of sp³-hybridized carbons (Fsp3) is 0.765. The summed E-state index contributed by atoms with van der Waals surface area (Å²) in [6.45, 7) is 7.63. The van der Waals surface area contributed by atoms with Gasteiger partial charge in [-0.05, 0) is 12.8 Å². The molecule has 0 saturated carbocycles. The molecule has 0 radical (unpaired) electrons. The number of rotatable bonds is 13. The number of imidazole rings is 1. The summed E-state index contributed by atoms with van der Waals surface area (Å²) >= 11 is 0. The second-order valence-electron chi connectivity index (χ2n) is 5.60. The van der Waals surface area contributed by atoms with Gasteiger partial charge in [0.25, 0.3) is 5.91 Å². The maximum absolute atomic E-state index is 12.6. The van der Waals surface area contributed by atoms with E-state index in [-0.39, 0.29) is 5.91 Å². The molecule has 1 aromatic rings. The van der Waals surface area contributed by atoms with Crippen LogP contribution < -0.4 is 0 Å². The van der Waals surface area contributed by atoms with E-state index in [2.05, 4.69) is 23.8 Å². The van der Waals surface area contributed by atoms with Gasteiger partial charge in [0.2, 0.25) is 0 Å². The number of carbonyl (C=O) groups excluding carboxylic acids is 1. The van der Waals surface area contributed by atoms with E-state index < -0.39 is 0 Å². The predicted octanol–water partition coefficient (Wildman–Crippen LogP) is 2.66. The molecule has 1 rings (SSSR count). The summed E-state index contributed by atoms with van der Waals surface area (Å²) in [6, 6.07) is 0. The molecule has 0 unspecified atom stereocenters. The largest absolute Gasteiger partial charge is 0.382 e. The fourth-order valence-corrected chi connectivity index (χ4v) is 2.19. The zero-order valence-electron chi connectivity index (χ0n) is 14.8. The van der Waals surface area contributed by atoms with Crippen LogP contribution in [-0.2, 0) is 15.9 Å². The number of nitrogens with one attached hydrogen (secondary N) is 1. The standard InChI is InChI=1S/C17H31N3O3/c1-4-6-9-20(10-7-5-2)17(21)15-14-18-16(19-15)8-11-23-13-12-22-3/h14H,4-13H2,1-3H3,(H,18,19). The van der Waals surface area contributed by atoms with Crippen molar-refractivity contribution in [1.29, 1.82) is 0 Å². The van der Waals surface area contributed by atoms with Gasteiger partial charge in [-0.1, -0.05) is 26.7 Å². The lowest BCUT2D eigenvalue weighted by molar-refractivity contribution is 0.0714. The van der Waals surface area contributed by atoms with Gasteiger partial charge in [0.15, 0.2) is 0 Å². The van der Waals surface area contributed by atoms with Gasteiger partial charge >= 0.3 is 0 Å². The van der Waals surface area contributed by atoms with Crippen LogP contribution in [0.3, 0.4) is 0 Å². The topological polar surface area (TPSA) is 67.5 Å². The summed E-state index contributed by atoms with van der Waals surface area (Å²) in [6.07, 6.45) is 6.54. The molecule has 132 valence electrons. The van der Waals surface area contributed by atoms with Gasteiger partial charge in [0, 0.05) is 26.6 Å². The summed E-state index contributed by atoms with van der Waals surface area (Å²) < 4.78 is 10.3. The van der Waals surface area contributed by atoms with Crippen LogP contribution in [-0.4, -0.2) is 60.8 Å². The molecule has 0 aliphatic rings. The van der Waals surface area contributed by atoms with Gasteiger partial charge in [-0.2, -0.15) is 0 Å². The summed E-state index contributed by atoms with van der Waals surface area (Å²) in [5.74, 6) is 0.836. The Kier molecular flexibility index (Phi) is 10.3. The van der Waals surface area contributed by atoms with Crippen molar-refractivity contribution in [3.05, 3.63) is 17.7 Å². The summed E-state index contributed by atoms with van der Waals surface area (Å²) in [7, 11) is 1.65. The Bertz CT molecular complexity index is 426. The first kappa shape index (κ1) is 19.6. The van der Waals surface area contributed by atoms with Crippen LogP contribution in [0.25, 0.3) is 0 Å². The third kappa shape index (κ3) is 7.61. The van der Waals surface area contributed by atoms with Crippen molar-refractivity contribution in [3.63, 3.8) is 0 Å². The average molecular weight is 325 g/mol. The molecule has 0 aliphatic heterocycles. The van der Waals surface area contributed by atoms with Gasteiger partial charge < -0.3 is 19.4 Å². The second kappa shape index (κ2) is 12.1. The molecule has 23 heavy (non-hydrogen) atoms. The Morgan fingerprint density at radius 3 is 2.48 bits per heavy atom. The lowest BCUT2D eigenvalue weighted by atomic mass is 10.2. The number of ether oxygens (including phenoxy) is 2. The van der Waals surface area contributed by atoms with Crippen LogP contribution >= 0.6 is 0 Å². The van der Waals surface area contributed by atoms with E-state index in [4.69, 9.17) is 9.47 Å². The number of H-pyrrole nitrogens is 1. The first-order valence-electron chi connectivity index (χ1n) is 8.62. The normalized spacial score (nSPS) is 10.9. The second-order valence-corrected chi connectivity index (χ2v) is 5.60. The maximum atomic E-state index is 12.6. The van der Waals surface area contributed by atoms with Gasteiger partial charge in [-0.25, -0.2) is 4.98 Å². The Morgan fingerprint density at radius 1 is 1.17 bits per heavy atom. The SMILES string of the molecule is CCCCN(CCCC)C(=O)c1cnc(CCOCCOC)[nH]1. The molecule has 0 bridgehead atoms. The van der Waals surface area contributed by atoms with Crippen LogP contribution in [0.4, 0.5) is 0 Å². The van der Waals surface area contributed by atoms with Crippen molar-refractivity contribution < 1.29 is 14.3 Å². The van der Waals surface area contributed by atoms with Crippen LogP contribution in [0.1, 0.15) is 55.8 Å². The van der Waals surface area contributed by atoms with Crippen LogP contribution in [0, 0.1) is 0 Å². The van der Waals surface area contributed by atoms with Crippen LogP contribution in [0.2, 0.25) is 0 Å². The highest BCUT2D eigenvalue weighted by Crippen LogP contribution is 2.07. The van der Waals surface area contributed by atoms with Gasteiger partial charge in [-0.15, -0.1) is 0 Å². The zero-order valence-corrected chi connectivity index (χ0v) is 14.8. The number of aromatic nitrogens is 2. The molecule has 1 heterocycles. The molecule has 1 aromatic heterocycles. The minimum Gasteiger partial charge on any atom is -0.382 e. The van der Waals surface area contributed by atoms with Gasteiger partial charge in [-0.3, -0.25) is 4.79 Å². The smallest absolute Gasteiger partial charge is 0.271 e. The van der Waals surface area contributed by atoms with Crippen molar-refractivity contribution in [3.8, 4) is 0 Å². The summed E-state index contributed by atoms with van der Waals surface area (Å²) in [5.41, 5.74) is 0.573. The minimum atomic E-state index is 0.0472. The Labute approximate surface area is 139 Å². The maximum Gasteiger partial charge on any atom is 0.271 e. The molecule has 0 fully saturated rings. The van der Waals surface area contributed by atoms with Crippen molar-refractivity contribution >= 4 is 5.91 Å². The third-order valence-electron chi connectivity index (χ3n) is 3.62. The van der Waals surface area contributed by atoms with E-state index >= 15 is 0 Å². The lowest BCUT2D eigenvalue weighted by Crippen LogP contribution is -2.33. The Hall–Kier alpha value is -1.40. The Balaban J connectivity index is 2.50. The number of methoxy groups -OCH3 is 1. The number of hydrogen-bond acceptors (Lipinski definition) is 4. The fourth-order valence-electron chi connectivity index (χ4n) is 2.19. The van der Waals surface area contributed by atoms with E-state index in [0.717, 1.165) is 44.6 Å². The van der Waals surface area contributed by atoms with Crippen molar-refractivity contribution in [2.75, 3.05) is 40.0 Å². The lowest BCUT2D eigenvalue weighted by Gasteiger charge is -2.21. The minimum absolute atomic E-state index is 0.0472. The highest BCUT2D eigenvalue weighted by molar-refractivity contribution is 5.92. The molecule has 1 N–H and O–H groups in total. The molecule has 0 spiro atoms.